The molecule has 1 N–H and O–H groups in total. The van der Waals surface area contributed by atoms with Gasteiger partial charge in [-0.25, -0.2) is 0 Å². The molecule has 6 heteroatoms. The van der Waals surface area contributed by atoms with Gasteiger partial charge in [0, 0.05) is 0 Å². The number of guanidine groups is 1. The minimum atomic E-state index is -0.0354. The topological polar surface area (TPSA) is 73.3 Å². The van der Waals surface area contributed by atoms with Crippen molar-refractivity contribution < 1.29 is 0 Å². The molecule has 11 heavy (non-hydrogen) atoms. The Morgan fingerprint density at radius 1 is 1.36 bits per heavy atom. The molecule has 0 atom stereocenters. The van der Waals surface area contributed by atoms with Gasteiger partial charge in [0.25, 0.3) is 0 Å². The van der Waals surface area contributed by atoms with Crippen molar-refractivity contribution in [3.05, 3.63) is 0 Å². The zero-order chi connectivity index (χ0) is 7.84. The second kappa shape index (κ2) is 2.18. The Kier molecular flexibility index (Phi) is 1.30. The van der Waals surface area contributed by atoms with E-state index in [9.17, 15) is 0 Å². The van der Waals surface area contributed by atoms with Gasteiger partial charge in [-0.1, -0.05) is 0 Å². The Balaban J connectivity index is 2.54. The van der Waals surface area contributed by atoms with Crippen LogP contribution < -0.4 is 0 Å². The first-order valence-corrected chi connectivity index (χ1v) is 3.67. The van der Waals surface area contributed by atoms with E-state index in [0.717, 1.165) is 0 Å². The van der Waals surface area contributed by atoms with Crippen LogP contribution in [0.25, 0.3) is 0 Å². The number of hydrogen-bond acceptors (Lipinski definition) is 3. The molecule has 0 aromatic heterocycles. The van der Waals surface area contributed by atoms with Gasteiger partial charge in [0.05, 0.1) is 0 Å². The Morgan fingerprint density at radius 3 is 3.00 bits per heavy atom. The van der Waals surface area contributed by atoms with Gasteiger partial charge in [0.15, 0.2) is 0 Å². The summed E-state index contributed by atoms with van der Waals surface area (Å²) in [6, 6.07) is 0. The molecule has 0 aromatic rings. The summed E-state index contributed by atoms with van der Waals surface area (Å²) in [5.41, 5.74) is 0.626. The first kappa shape index (κ1) is 6.57. The molecule has 0 saturated heterocycles. The molecule has 0 spiro atoms. The second-order valence-corrected chi connectivity index (χ2v) is 2.71. The number of hydrogen-bond donors (Lipinski definition) is 1. The first-order chi connectivity index (χ1) is 5.27. The second-order valence-electron chi connectivity index (χ2n) is 1.90. The fourth-order valence-electron chi connectivity index (χ4n) is 0.767. The Labute approximate surface area is 70.4 Å². The molecule has 2 aliphatic rings. The molecule has 0 amide bonds. The Bertz CT molecular complexity index is 348. The van der Waals surface area contributed by atoms with Gasteiger partial charge >= 0.3 is 69.8 Å². The zero-order valence-electron chi connectivity index (χ0n) is 5.27. The third-order valence-electron chi connectivity index (χ3n) is 1.20. The number of rotatable bonds is 0. The monoisotopic (exact) mass is 212 g/mol. The molecule has 5 nitrogen and oxygen atoms in total. The van der Waals surface area contributed by atoms with Crippen LogP contribution in [0.3, 0.4) is 0 Å². The summed E-state index contributed by atoms with van der Waals surface area (Å²) >= 11 is 2.70. The van der Waals surface area contributed by atoms with Crippen LogP contribution in [0.15, 0.2) is 20.0 Å². The van der Waals surface area contributed by atoms with Gasteiger partial charge in [0.2, 0.25) is 0 Å². The van der Waals surface area contributed by atoms with E-state index in [2.05, 4.69) is 36.0 Å². The van der Waals surface area contributed by atoms with E-state index in [1.807, 2.05) is 0 Å². The summed E-state index contributed by atoms with van der Waals surface area (Å²) < 4.78 is 0.581. The summed E-state index contributed by atoms with van der Waals surface area (Å²) in [6.07, 6.45) is 1.40. The van der Waals surface area contributed by atoms with Crippen molar-refractivity contribution in [3.8, 4) is 0 Å². The van der Waals surface area contributed by atoms with Crippen molar-refractivity contribution in [2.24, 2.45) is 20.0 Å². The van der Waals surface area contributed by atoms with E-state index >= 15 is 0 Å². The van der Waals surface area contributed by atoms with Gasteiger partial charge in [-0.2, -0.15) is 0 Å². The van der Waals surface area contributed by atoms with Crippen LogP contribution in [0, 0.1) is 5.41 Å². The van der Waals surface area contributed by atoms with Crippen LogP contribution >= 0.6 is 0 Å². The number of nitrogens with zero attached hydrogens (tertiary/aromatic N) is 4. The maximum absolute atomic E-state index is 7.15. The summed E-state index contributed by atoms with van der Waals surface area (Å²) in [7, 11) is 0. The van der Waals surface area contributed by atoms with Crippen molar-refractivity contribution in [2.45, 2.75) is 0 Å². The molecular weight excluding hydrogens is 209 g/mol. The van der Waals surface area contributed by atoms with Crippen LogP contribution in [0.2, 0.25) is 0 Å². The first-order valence-electron chi connectivity index (χ1n) is 2.81. The number of amidine groups is 1. The summed E-state index contributed by atoms with van der Waals surface area (Å²) in [5, 5.41) is 7.15. The zero-order valence-corrected chi connectivity index (χ0v) is 6.99. The molecule has 53 valence electrons. The average Bonchev–Trinajstić information content (AvgIpc) is 2.34. The van der Waals surface area contributed by atoms with Crippen LogP contribution in [-0.2, 0) is 0 Å². The molecule has 0 unspecified atom stereocenters. The fraction of sp³-hybridized carbons (Fsp3) is 0. The molecule has 1 radical (unpaired) electrons. The van der Waals surface area contributed by atoms with E-state index in [4.69, 9.17) is 5.41 Å². The molecule has 0 aliphatic carbocycles. The van der Waals surface area contributed by atoms with E-state index in [0.29, 0.717) is 16.2 Å². The quantitative estimate of drug-likeness (QED) is 0.519. The minimum absolute atomic E-state index is 0.0354. The molecule has 0 bridgehead atoms. The van der Waals surface area contributed by atoms with Crippen molar-refractivity contribution >= 4 is 44.5 Å². The van der Waals surface area contributed by atoms with E-state index in [1.165, 1.54) is 6.34 Å². The summed E-state index contributed by atoms with van der Waals surface area (Å²) in [5.74, 6) is 0.436. The number of aliphatic imine (C=N–C) groups is 4. The van der Waals surface area contributed by atoms with E-state index in [-0.39, 0.29) is 5.96 Å². The van der Waals surface area contributed by atoms with Gasteiger partial charge in [-0.15, -0.1) is 0 Å². The standard InChI is InChI=1S/C5H2N5Se/c6-5-9-3-2(4(11)10-5)7-1-8-3/h1,6H. The SMILES string of the molecule is N=C1N=C([Se])C2=NC=NC2=N1. The summed E-state index contributed by atoms with van der Waals surface area (Å²) in [4.78, 5) is 15.3. The predicted octanol–water partition coefficient (Wildman–Crippen LogP) is -0.617. The van der Waals surface area contributed by atoms with Crippen molar-refractivity contribution in [1.82, 2.24) is 0 Å². The molecule has 2 rings (SSSR count). The Hall–Kier alpha value is -1.13. The number of nitrogens with one attached hydrogen (secondary N) is 1. The molecule has 0 saturated carbocycles. The molecule has 2 aliphatic heterocycles. The van der Waals surface area contributed by atoms with Crippen LogP contribution in [0.5, 0.6) is 0 Å². The fourth-order valence-corrected chi connectivity index (χ4v) is 1.25. The summed E-state index contributed by atoms with van der Waals surface area (Å²) in [6.45, 7) is 0. The third kappa shape index (κ3) is 0.961. The van der Waals surface area contributed by atoms with Gasteiger partial charge in [-0.05, 0) is 0 Å². The van der Waals surface area contributed by atoms with E-state index < -0.39 is 0 Å². The Morgan fingerprint density at radius 2 is 2.18 bits per heavy atom. The molecular formula is C5H2N5Se. The van der Waals surface area contributed by atoms with Crippen LogP contribution in [0.4, 0.5) is 0 Å². The average molecular weight is 211 g/mol. The normalized spacial score (nSPS) is 20.7. The third-order valence-corrected chi connectivity index (χ3v) is 1.80. The van der Waals surface area contributed by atoms with Gasteiger partial charge in [-0.3, -0.25) is 0 Å². The van der Waals surface area contributed by atoms with Crippen molar-refractivity contribution in [3.63, 3.8) is 0 Å². The van der Waals surface area contributed by atoms with Crippen LogP contribution in [-0.4, -0.2) is 44.5 Å². The van der Waals surface area contributed by atoms with Crippen molar-refractivity contribution in [2.75, 3.05) is 0 Å². The van der Waals surface area contributed by atoms with Gasteiger partial charge in [0.1, 0.15) is 0 Å². The van der Waals surface area contributed by atoms with Crippen LogP contribution in [0.1, 0.15) is 0 Å². The predicted molar refractivity (Wildman–Crippen MR) is 44.3 cm³/mol. The molecule has 0 fully saturated rings. The van der Waals surface area contributed by atoms with E-state index in [1.54, 1.807) is 0 Å². The molecule has 0 aromatic carbocycles. The van der Waals surface area contributed by atoms with Gasteiger partial charge < -0.3 is 0 Å². The molecule has 2 heterocycles. The maximum atomic E-state index is 7.15. The number of fused-ring (bicyclic) bond motifs is 1. The van der Waals surface area contributed by atoms with Crippen molar-refractivity contribution in [1.29, 1.82) is 5.41 Å².